The fraction of sp³-hybridized carbons (Fsp3) is 0.385. The molecule has 0 saturated carbocycles. The largest absolute Gasteiger partial charge is 0.480 e. The van der Waals surface area contributed by atoms with Crippen LogP contribution in [-0.2, 0) is 4.79 Å². The van der Waals surface area contributed by atoms with Gasteiger partial charge in [-0.3, -0.25) is 4.79 Å². The van der Waals surface area contributed by atoms with Gasteiger partial charge < -0.3 is 15.7 Å². The van der Waals surface area contributed by atoms with Crippen LogP contribution < -0.4 is 10.6 Å². The van der Waals surface area contributed by atoms with E-state index in [1.165, 1.54) is 6.92 Å². The lowest BCUT2D eigenvalue weighted by Gasteiger charge is -2.15. The number of amides is 2. The molecular formula is C13H18N2O3. The van der Waals surface area contributed by atoms with Crippen LogP contribution in [0, 0.1) is 0 Å². The van der Waals surface area contributed by atoms with Crippen LogP contribution >= 0.6 is 0 Å². The zero-order valence-electron chi connectivity index (χ0n) is 10.7. The second-order valence-electron chi connectivity index (χ2n) is 4.40. The van der Waals surface area contributed by atoms with Crippen LogP contribution in [0.2, 0.25) is 0 Å². The molecule has 2 amide bonds. The molecule has 5 heteroatoms. The van der Waals surface area contributed by atoms with Crippen molar-refractivity contribution in [2.45, 2.75) is 32.7 Å². The summed E-state index contributed by atoms with van der Waals surface area (Å²) in [5.41, 5.74) is 1.71. The van der Waals surface area contributed by atoms with E-state index in [0.29, 0.717) is 5.69 Å². The minimum atomic E-state index is -1.07. The Hall–Kier alpha value is -2.04. The number of urea groups is 1. The molecule has 0 radical (unpaired) electrons. The first kappa shape index (κ1) is 14.0. The number of carbonyl (C=O) groups excluding carboxylic acids is 1. The number of carboxylic acids is 1. The summed E-state index contributed by atoms with van der Waals surface area (Å²) in [6.45, 7) is 5.47. The quantitative estimate of drug-likeness (QED) is 0.767. The molecule has 18 heavy (non-hydrogen) atoms. The fourth-order valence-corrected chi connectivity index (χ4v) is 1.53. The smallest absolute Gasteiger partial charge is 0.325 e. The van der Waals surface area contributed by atoms with Gasteiger partial charge in [-0.1, -0.05) is 32.0 Å². The maximum atomic E-state index is 11.6. The topological polar surface area (TPSA) is 78.4 Å². The predicted molar refractivity (Wildman–Crippen MR) is 69.8 cm³/mol. The Bertz CT molecular complexity index is 444. The molecule has 1 aromatic carbocycles. The van der Waals surface area contributed by atoms with Gasteiger partial charge in [0, 0.05) is 5.69 Å². The summed E-state index contributed by atoms with van der Waals surface area (Å²) in [7, 11) is 0. The summed E-state index contributed by atoms with van der Waals surface area (Å²) in [6, 6.07) is 6.01. The normalized spacial score (nSPS) is 12.0. The summed E-state index contributed by atoms with van der Waals surface area (Å²) < 4.78 is 0. The average Bonchev–Trinajstić information content (AvgIpc) is 2.28. The highest BCUT2D eigenvalue weighted by Gasteiger charge is 2.15. The van der Waals surface area contributed by atoms with E-state index in [2.05, 4.69) is 10.6 Å². The monoisotopic (exact) mass is 250 g/mol. The maximum Gasteiger partial charge on any atom is 0.325 e. The number of para-hydroxylation sites is 1. The Kier molecular flexibility index (Phi) is 4.71. The number of aliphatic carboxylic acids is 1. The van der Waals surface area contributed by atoms with Crippen molar-refractivity contribution in [3.05, 3.63) is 29.8 Å². The van der Waals surface area contributed by atoms with Gasteiger partial charge in [0.25, 0.3) is 0 Å². The highest BCUT2D eigenvalue weighted by atomic mass is 16.4. The van der Waals surface area contributed by atoms with Crippen molar-refractivity contribution in [3.63, 3.8) is 0 Å². The van der Waals surface area contributed by atoms with Crippen molar-refractivity contribution < 1.29 is 14.7 Å². The lowest BCUT2D eigenvalue weighted by atomic mass is 10.0. The van der Waals surface area contributed by atoms with E-state index < -0.39 is 18.0 Å². The molecule has 0 aliphatic rings. The molecule has 1 atom stereocenters. The first-order valence-electron chi connectivity index (χ1n) is 5.81. The van der Waals surface area contributed by atoms with Gasteiger partial charge >= 0.3 is 12.0 Å². The Morgan fingerprint density at radius 2 is 1.78 bits per heavy atom. The molecule has 0 fully saturated rings. The summed E-state index contributed by atoms with van der Waals surface area (Å²) in [5.74, 6) is -0.791. The fourth-order valence-electron chi connectivity index (χ4n) is 1.53. The van der Waals surface area contributed by atoms with Gasteiger partial charge in [0.05, 0.1) is 0 Å². The Morgan fingerprint density at radius 3 is 2.33 bits per heavy atom. The van der Waals surface area contributed by atoms with Crippen molar-refractivity contribution in [1.29, 1.82) is 0 Å². The van der Waals surface area contributed by atoms with Gasteiger partial charge in [0.2, 0.25) is 0 Å². The third-order valence-corrected chi connectivity index (χ3v) is 2.55. The van der Waals surface area contributed by atoms with Crippen LogP contribution in [-0.4, -0.2) is 23.1 Å². The third kappa shape index (κ3) is 3.76. The summed E-state index contributed by atoms with van der Waals surface area (Å²) >= 11 is 0. The molecule has 0 aromatic heterocycles. The molecule has 0 saturated heterocycles. The average molecular weight is 250 g/mol. The van der Waals surface area contributed by atoms with Gasteiger partial charge in [-0.25, -0.2) is 4.79 Å². The third-order valence-electron chi connectivity index (χ3n) is 2.55. The number of hydrogen-bond donors (Lipinski definition) is 3. The van der Waals surface area contributed by atoms with Crippen molar-refractivity contribution in [2.75, 3.05) is 5.32 Å². The molecule has 1 rings (SSSR count). The number of anilines is 1. The summed E-state index contributed by atoms with van der Waals surface area (Å²) in [5, 5.41) is 13.7. The molecule has 5 nitrogen and oxygen atoms in total. The van der Waals surface area contributed by atoms with E-state index >= 15 is 0 Å². The van der Waals surface area contributed by atoms with Crippen LogP contribution in [0.1, 0.15) is 32.3 Å². The Labute approximate surface area is 106 Å². The van der Waals surface area contributed by atoms with Gasteiger partial charge in [-0.2, -0.15) is 0 Å². The highest BCUT2D eigenvalue weighted by molar-refractivity contribution is 5.92. The number of hydrogen-bond acceptors (Lipinski definition) is 2. The molecule has 0 bridgehead atoms. The predicted octanol–water partition coefficient (Wildman–Crippen LogP) is 2.40. The minimum Gasteiger partial charge on any atom is -0.480 e. The van der Waals surface area contributed by atoms with Crippen molar-refractivity contribution in [1.82, 2.24) is 5.32 Å². The summed E-state index contributed by atoms with van der Waals surface area (Å²) in [4.78, 5) is 22.2. The van der Waals surface area contributed by atoms with Crippen molar-refractivity contribution in [2.24, 2.45) is 0 Å². The number of nitrogens with one attached hydrogen (secondary N) is 2. The zero-order valence-corrected chi connectivity index (χ0v) is 10.7. The van der Waals surface area contributed by atoms with Crippen LogP contribution in [0.4, 0.5) is 10.5 Å². The van der Waals surface area contributed by atoms with E-state index in [0.717, 1.165) is 5.56 Å². The standard InChI is InChI=1S/C13H18N2O3/c1-8(2)10-6-4-5-7-11(10)15-13(18)14-9(3)12(16)17/h4-9H,1-3H3,(H,16,17)(H2,14,15,18). The molecule has 0 aliphatic heterocycles. The van der Waals surface area contributed by atoms with Crippen LogP contribution in [0.25, 0.3) is 0 Å². The van der Waals surface area contributed by atoms with Crippen LogP contribution in [0.15, 0.2) is 24.3 Å². The lowest BCUT2D eigenvalue weighted by molar-refractivity contribution is -0.138. The number of carboxylic acid groups (broad SMARTS) is 1. The van der Waals surface area contributed by atoms with Gasteiger partial charge in [0.15, 0.2) is 0 Å². The zero-order chi connectivity index (χ0) is 13.7. The highest BCUT2D eigenvalue weighted by Crippen LogP contribution is 2.23. The van der Waals surface area contributed by atoms with E-state index in [1.807, 2.05) is 32.0 Å². The number of rotatable bonds is 4. The molecule has 3 N–H and O–H groups in total. The van der Waals surface area contributed by atoms with Crippen molar-refractivity contribution in [3.8, 4) is 0 Å². The summed E-state index contributed by atoms with van der Waals surface area (Å²) in [6.07, 6.45) is 0. The Morgan fingerprint density at radius 1 is 1.17 bits per heavy atom. The lowest BCUT2D eigenvalue weighted by Crippen LogP contribution is -2.41. The minimum absolute atomic E-state index is 0.276. The van der Waals surface area contributed by atoms with Crippen LogP contribution in [0.3, 0.4) is 0 Å². The number of benzene rings is 1. The van der Waals surface area contributed by atoms with Gasteiger partial charge in [-0.05, 0) is 24.5 Å². The SMILES string of the molecule is CC(NC(=O)Nc1ccccc1C(C)C)C(=O)O. The van der Waals surface area contributed by atoms with Crippen LogP contribution in [0.5, 0.6) is 0 Å². The first-order chi connectivity index (χ1) is 8.41. The van der Waals surface area contributed by atoms with E-state index in [9.17, 15) is 9.59 Å². The maximum absolute atomic E-state index is 11.6. The number of carbonyl (C=O) groups is 2. The van der Waals surface area contributed by atoms with E-state index in [1.54, 1.807) is 6.07 Å². The van der Waals surface area contributed by atoms with Gasteiger partial charge in [-0.15, -0.1) is 0 Å². The molecule has 0 spiro atoms. The first-order valence-corrected chi connectivity index (χ1v) is 5.81. The van der Waals surface area contributed by atoms with E-state index in [4.69, 9.17) is 5.11 Å². The van der Waals surface area contributed by atoms with Crippen molar-refractivity contribution >= 4 is 17.7 Å². The molecule has 0 aliphatic carbocycles. The second-order valence-corrected chi connectivity index (χ2v) is 4.40. The second kappa shape index (κ2) is 6.05. The molecule has 1 unspecified atom stereocenters. The molecule has 0 heterocycles. The molecule has 98 valence electrons. The Balaban J connectivity index is 2.73. The molecule has 1 aromatic rings. The van der Waals surface area contributed by atoms with E-state index in [-0.39, 0.29) is 5.92 Å². The molecular weight excluding hydrogens is 232 g/mol. The van der Waals surface area contributed by atoms with Gasteiger partial charge in [0.1, 0.15) is 6.04 Å².